The Hall–Kier alpha value is -0.810. The average Bonchev–Trinajstić information content (AvgIpc) is 2.87. The van der Waals surface area contributed by atoms with Crippen LogP contribution in [0.1, 0.15) is 12.8 Å². The maximum Gasteiger partial charge on any atom is 0.203 e. The van der Waals surface area contributed by atoms with E-state index < -0.39 is 0 Å². The molecular formula is C7H16N4O. The van der Waals surface area contributed by atoms with Gasteiger partial charge in [0, 0.05) is 6.61 Å². The summed E-state index contributed by atoms with van der Waals surface area (Å²) in [6.07, 6.45) is 2.63. The van der Waals surface area contributed by atoms with Crippen LogP contribution in [0.15, 0.2) is 4.99 Å². The molecule has 0 aromatic carbocycles. The van der Waals surface area contributed by atoms with E-state index in [-0.39, 0.29) is 5.96 Å². The highest BCUT2D eigenvalue weighted by molar-refractivity contribution is 5.77. The SMILES string of the molecule is NNC(N)=NCCOCC1CC1. The third-order valence-electron chi connectivity index (χ3n) is 1.72. The van der Waals surface area contributed by atoms with E-state index in [1.54, 1.807) is 0 Å². The first-order chi connectivity index (χ1) is 5.83. The molecule has 1 rings (SSSR count). The molecule has 0 aromatic heterocycles. The standard InChI is InChI=1S/C7H16N4O/c8-7(11-9)10-3-4-12-5-6-1-2-6/h6H,1-5,9H2,(H3,8,10,11). The number of nitrogens with one attached hydrogen (secondary N) is 1. The third kappa shape index (κ3) is 4.15. The van der Waals surface area contributed by atoms with E-state index in [2.05, 4.69) is 10.4 Å². The fourth-order valence-electron chi connectivity index (χ4n) is 0.811. The summed E-state index contributed by atoms with van der Waals surface area (Å²) in [6, 6.07) is 0. The number of hydrazine groups is 1. The Morgan fingerprint density at radius 2 is 2.33 bits per heavy atom. The van der Waals surface area contributed by atoms with Crippen LogP contribution < -0.4 is 17.0 Å². The van der Waals surface area contributed by atoms with Crippen molar-refractivity contribution in [3.8, 4) is 0 Å². The zero-order valence-corrected chi connectivity index (χ0v) is 7.12. The summed E-state index contributed by atoms with van der Waals surface area (Å²) >= 11 is 0. The zero-order chi connectivity index (χ0) is 8.81. The number of ether oxygens (including phenoxy) is 1. The fraction of sp³-hybridized carbons (Fsp3) is 0.857. The van der Waals surface area contributed by atoms with Crippen LogP contribution in [0.5, 0.6) is 0 Å². The molecule has 5 nitrogen and oxygen atoms in total. The fourth-order valence-corrected chi connectivity index (χ4v) is 0.811. The van der Waals surface area contributed by atoms with Gasteiger partial charge in [0.2, 0.25) is 5.96 Å². The summed E-state index contributed by atoms with van der Waals surface area (Å²) in [4.78, 5) is 3.89. The highest BCUT2D eigenvalue weighted by atomic mass is 16.5. The molecule has 0 aliphatic heterocycles. The number of aliphatic imine (C=N–C) groups is 1. The van der Waals surface area contributed by atoms with Crippen molar-refractivity contribution < 1.29 is 4.74 Å². The van der Waals surface area contributed by atoms with Crippen molar-refractivity contribution in [1.82, 2.24) is 5.43 Å². The van der Waals surface area contributed by atoms with Gasteiger partial charge >= 0.3 is 0 Å². The van der Waals surface area contributed by atoms with Gasteiger partial charge in [-0.2, -0.15) is 0 Å². The lowest BCUT2D eigenvalue weighted by molar-refractivity contribution is 0.132. The molecule has 0 heterocycles. The van der Waals surface area contributed by atoms with Crippen molar-refractivity contribution in [2.75, 3.05) is 19.8 Å². The molecule has 1 aliphatic carbocycles. The Morgan fingerprint density at radius 1 is 1.58 bits per heavy atom. The Labute approximate surface area is 72.1 Å². The average molecular weight is 172 g/mol. The van der Waals surface area contributed by atoms with Crippen LogP contribution in [-0.4, -0.2) is 25.7 Å². The van der Waals surface area contributed by atoms with Crippen LogP contribution in [-0.2, 0) is 4.74 Å². The molecule has 1 saturated carbocycles. The minimum absolute atomic E-state index is 0.255. The normalized spacial score (nSPS) is 17.9. The Balaban J connectivity index is 1.87. The zero-order valence-electron chi connectivity index (χ0n) is 7.12. The lowest BCUT2D eigenvalue weighted by Crippen LogP contribution is -2.37. The van der Waals surface area contributed by atoms with E-state index >= 15 is 0 Å². The first kappa shape index (κ1) is 9.28. The van der Waals surface area contributed by atoms with Crippen LogP contribution >= 0.6 is 0 Å². The molecule has 1 fully saturated rings. The number of nitrogens with two attached hydrogens (primary N) is 2. The van der Waals surface area contributed by atoms with Gasteiger partial charge in [0.25, 0.3) is 0 Å². The van der Waals surface area contributed by atoms with Crippen molar-refractivity contribution in [2.24, 2.45) is 22.5 Å². The second-order valence-electron chi connectivity index (χ2n) is 2.93. The van der Waals surface area contributed by atoms with Crippen LogP contribution in [0.25, 0.3) is 0 Å². The molecule has 0 aromatic rings. The molecular weight excluding hydrogens is 156 g/mol. The molecule has 0 bridgehead atoms. The van der Waals surface area contributed by atoms with E-state index in [0.29, 0.717) is 13.2 Å². The summed E-state index contributed by atoms with van der Waals surface area (Å²) in [6.45, 7) is 2.06. The molecule has 0 unspecified atom stereocenters. The van der Waals surface area contributed by atoms with Crippen molar-refractivity contribution in [3.05, 3.63) is 0 Å². The third-order valence-corrected chi connectivity index (χ3v) is 1.72. The lowest BCUT2D eigenvalue weighted by atomic mass is 10.5. The summed E-state index contributed by atoms with van der Waals surface area (Å²) in [5.74, 6) is 6.06. The number of rotatable bonds is 5. The molecule has 0 amide bonds. The molecule has 70 valence electrons. The maximum absolute atomic E-state index is 5.32. The second kappa shape index (κ2) is 4.95. The highest BCUT2D eigenvalue weighted by Crippen LogP contribution is 2.28. The monoisotopic (exact) mass is 172 g/mol. The second-order valence-corrected chi connectivity index (χ2v) is 2.93. The predicted molar refractivity (Wildman–Crippen MR) is 47.4 cm³/mol. The van der Waals surface area contributed by atoms with Crippen molar-refractivity contribution in [1.29, 1.82) is 0 Å². The number of hydrogen-bond acceptors (Lipinski definition) is 3. The number of hydrogen-bond donors (Lipinski definition) is 3. The highest BCUT2D eigenvalue weighted by Gasteiger charge is 2.20. The van der Waals surface area contributed by atoms with Gasteiger partial charge in [-0.3, -0.25) is 5.43 Å². The minimum Gasteiger partial charge on any atom is -0.379 e. The van der Waals surface area contributed by atoms with Gasteiger partial charge in [0.15, 0.2) is 0 Å². The number of guanidine groups is 1. The van der Waals surface area contributed by atoms with E-state index in [1.807, 2.05) is 0 Å². The van der Waals surface area contributed by atoms with Crippen LogP contribution in [0.4, 0.5) is 0 Å². The van der Waals surface area contributed by atoms with Crippen LogP contribution in [0.3, 0.4) is 0 Å². The summed E-state index contributed by atoms with van der Waals surface area (Å²) in [7, 11) is 0. The van der Waals surface area contributed by atoms with Crippen molar-refractivity contribution in [3.63, 3.8) is 0 Å². The number of nitrogens with zero attached hydrogens (tertiary/aromatic N) is 1. The molecule has 5 heteroatoms. The van der Waals surface area contributed by atoms with Gasteiger partial charge in [0.1, 0.15) is 0 Å². The Bertz CT molecular complexity index is 155. The van der Waals surface area contributed by atoms with Crippen LogP contribution in [0, 0.1) is 5.92 Å². The van der Waals surface area contributed by atoms with Gasteiger partial charge in [-0.1, -0.05) is 0 Å². The van der Waals surface area contributed by atoms with E-state index in [4.69, 9.17) is 16.3 Å². The smallest absolute Gasteiger partial charge is 0.203 e. The predicted octanol–water partition coefficient (Wildman–Crippen LogP) is -0.809. The molecule has 1 aliphatic rings. The molecule has 0 atom stereocenters. The Morgan fingerprint density at radius 3 is 2.92 bits per heavy atom. The van der Waals surface area contributed by atoms with Crippen molar-refractivity contribution in [2.45, 2.75) is 12.8 Å². The van der Waals surface area contributed by atoms with Gasteiger partial charge < -0.3 is 10.5 Å². The van der Waals surface area contributed by atoms with Crippen LogP contribution in [0.2, 0.25) is 0 Å². The van der Waals surface area contributed by atoms with E-state index in [9.17, 15) is 0 Å². The van der Waals surface area contributed by atoms with Gasteiger partial charge in [-0.05, 0) is 18.8 Å². The molecule has 0 saturated heterocycles. The van der Waals surface area contributed by atoms with Gasteiger partial charge in [0.05, 0.1) is 13.2 Å². The quantitative estimate of drug-likeness (QED) is 0.166. The Kier molecular flexibility index (Phi) is 3.83. The summed E-state index contributed by atoms with van der Waals surface area (Å²) in [5, 5.41) is 0. The molecule has 0 spiro atoms. The van der Waals surface area contributed by atoms with Gasteiger partial charge in [-0.15, -0.1) is 0 Å². The maximum atomic E-state index is 5.32. The van der Waals surface area contributed by atoms with E-state index in [0.717, 1.165) is 12.5 Å². The first-order valence-corrected chi connectivity index (χ1v) is 4.17. The van der Waals surface area contributed by atoms with Gasteiger partial charge in [-0.25, -0.2) is 10.8 Å². The first-order valence-electron chi connectivity index (χ1n) is 4.17. The molecule has 12 heavy (non-hydrogen) atoms. The molecule has 5 N–H and O–H groups in total. The topological polar surface area (TPSA) is 85.7 Å². The largest absolute Gasteiger partial charge is 0.379 e. The summed E-state index contributed by atoms with van der Waals surface area (Å²) in [5.41, 5.74) is 7.53. The lowest BCUT2D eigenvalue weighted by Gasteiger charge is -2.00. The van der Waals surface area contributed by atoms with E-state index in [1.165, 1.54) is 12.8 Å². The summed E-state index contributed by atoms with van der Waals surface area (Å²) < 4.78 is 5.32. The molecule has 0 radical (unpaired) electrons. The minimum atomic E-state index is 0.255. The van der Waals surface area contributed by atoms with Crippen molar-refractivity contribution >= 4 is 5.96 Å².